The molecule has 1 radical (unpaired) electrons. The SMILES string of the molecule is C#Cc1cnc2nc[c]cc2c1. The first-order valence-electron chi connectivity index (χ1n) is 3.48. The fourth-order valence-corrected chi connectivity index (χ4v) is 0.993. The van der Waals surface area contributed by atoms with Gasteiger partial charge in [-0.1, -0.05) is 5.92 Å². The number of fused-ring (bicyclic) bond motifs is 1. The summed E-state index contributed by atoms with van der Waals surface area (Å²) in [7, 11) is 0. The molecule has 0 fully saturated rings. The number of hydrogen-bond donors (Lipinski definition) is 0. The van der Waals surface area contributed by atoms with E-state index in [1.807, 2.05) is 12.1 Å². The lowest BCUT2D eigenvalue weighted by Gasteiger charge is -1.94. The molecule has 2 aromatic heterocycles. The van der Waals surface area contributed by atoms with Crippen molar-refractivity contribution in [2.45, 2.75) is 0 Å². The van der Waals surface area contributed by atoms with Crippen LogP contribution in [0, 0.1) is 18.4 Å². The molecule has 0 spiro atoms. The van der Waals surface area contributed by atoms with Crippen molar-refractivity contribution in [3.8, 4) is 12.3 Å². The number of aromatic nitrogens is 2. The van der Waals surface area contributed by atoms with Gasteiger partial charge in [0.25, 0.3) is 0 Å². The Kier molecular flexibility index (Phi) is 1.49. The van der Waals surface area contributed by atoms with Crippen LogP contribution in [-0.4, -0.2) is 9.97 Å². The first-order valence-corrected chi connectivity index (χ1v) is 3.48. The first-order chi connectivity index (χ1) is 5.90. The molecule has 0 amide bonds. The Labute approximate surface area is 70.3 Å². The van der Waals surface area contributed by atoms with Gasteiger partial charge in [0.2, 0.25) is 0 Å². The molecular weight excluding hydrogens is 148 g/mol. The van der Waals surface area contributed by atoms with Crippen molar-refractivity contribution in [1.82, 2.24) is 9.97 Å². The molecule has 0 aliphatic rings. The van der Waals surface area contributed by atoms with Crippen LogP contribution >= 0.6 is 0 Å². The Balaban J connectivity index is 2.78. The normalized spacial score (nSPS) is 9.58. The summed E-state index contributed by atoms with van der Waals surface area (Å²) in [4.78, 5) is 8.10. The molecule has 0 aliphatic heterocycles. The lowest BCUT2D eigenvalue weighted by Crippen LogP contribution is -1.84. The van der Waals surface area contributed by atoms with E-state index < -0.39 is 0 Å². The van der Waals surface area contributed by atoms with Crippen molar-refractivity contribution in [2.24, 2.45) is 0 Å². The van der Waals surface area contributed by atoms with Crippen molar-refractivity contribution in [3.63, 3.8) is 0 Å². The summed E-state index contributed by atoms with van der Waals surface area (Å²) < 4.78 is 0. The van der Waals surface area contributed by atoms with Crippen molar-refractivity contribution in [1.29, 1.82) is 0 Å². The van der Waals surface area contributed by atoms with E-state index in [9.17, 15) is 0 Å². The Morgan fingerprint density at radius 2 is 2.33 bits per heavy atom. The molecule has 2 rings (SSSR count). The Morgan fingerprint density at radius 1 is 1.42 bits per heavy atom. The average Bonchev–Trinajstić information content (AvgIpc) is 2.17. The van der Waals surface area contributed by atoms with Crippen molar-refractivity contribution >= 4 is 11.0 Å². The standard InChI is InChI=1S/C10H5N2/c1-2-8-6-9-4-3-5-11-10(9)12-7-8/h1,4-7H. The lowest BCUT2D eigenvalue weighted by molar-refractivity contribution is 1.28. The van der Waals surface area contributed by atoms with Crippen LogP contribution in [0.1, 0.15) is 5.56 Å². The predicted octanol–water partition coefficient (Wildman–Crippen LogP) is 1.41. The van der Waals surface area contributed by atoms with E-state index >= 15 is 0 Å². The van der Waals surface area contributed by atoms with Crippen LogP contribution in [0.5, 0.6) is 0 Å². The number of pyridine rings is 2. The largest absolute Gasteiger partial charge is 0.236 e. The Bertz CT molecular complexity index is 455. The highest BCUT2D eigenvalue weighted by atomic mass is 14.8. The van der Waals surface area contributed by atoms with Gasteiger partial charge in [-0.2, -0.15) is 0 Å². The van der Waals surface area contributed by atoms with Gasteiger partial charge in [-0.3, -0.25) is 0 Å². The van der Waals surface area contributed by atoms with Crippen LogP contribution in [0.3, 0.4) is 0 Å². The maximum Gasteiger partial charge on any atom is 0.159 e. The average molecular weight is 153 g/mol. The second-order valence-corrected chi connectivity index (χ2v) is 2.35. The van der Waals surface area contributed by atoms with Gasteiger partial charge in [-0.15, -0.1) is 6.42 Å². The summed E-state index contributed by atoms with van der Waals surface area (Å²) in [5.41, 5.74) is 1.47. The van der Waals surface area contributed by atoms with Gasteiger partial charge >= 0.3 is 0 Å². The van der Waals surface area contributed by atoms with Crippen LogP contribution < -0.4 is 0 Å². The summed E-state index contributed by atoms with van der Waals surface area (Å²) in [5.74, 6) is 2.51. The van der Waals surface area contributed by atoms with E-state index in [-0.39, 0.29) is 0 Å². The highest BCUT2D eigenvalue weighted by Gasteiger charge is 1.94. The smallest absolute Gasteiger partial charge is 0.159 e. The zero-order valence-electron chi connectivity index (χ0n) is 6.28. The van der Waals surface area contributed by atoms with E-state index in [2.05, 4.69) is 22.0 Å². The third kappa shape index (κ3) is 1.02. The molecule has 55 valence electrons. The summed E-state index contributed by atoms with van der Waals surface area (Å²) in [6.45, 7) is 0. The minimum absolute atomic E-state index is 0.702. The van der Waals surface area contributed by atoms with Crippen molar-refractivity contribution < 1.29 is 0 Å². The molecule has 2 nitrogen and oxygen atoms in total. The molecule has 0 unspecified atom stereocenters. The first kappa shape index (κ1) is 6.81. The van der Waals surface area contributed by atoms with Gasteiger partial charge in [0.15, 0.2) is 5.65 Å². The molecule has 0 N–H and O–H groups in total. The van der Waals surface area contributed by atoms with Gasteiger partial charge in [0.05, 0.1) is 0 Å². The van der Waals surface area contributed by atoms with Crippen LogP contribution in [0.4, 0.5) is 0 Å². The molecule has 0 bridgehead atoms. The number of terminal acetylenes is 1. The quantitative estimate of drug-likeness (QED) is 0.535. The minimum Gasteiger partial charge on any atom is -0.236 e. The van der Waals surface area contributed by atoms with E-state index in [0.717, 1.165) is 10.9 Å². The van der Waals surface area contributed by atoms with E-state index in [1.54, 1.807) is 12.4 Å². The molecular formula is C10H5N2. The zero-order chi connectivity index (χ0) is 8.39. The van der Waals surface area contributed by atoms with Crippen LogP contribution in [0.25, 0.3) is 11.0 Å². The maximum atomic E-state index is 5.22. The van der Waals surface area contributed by atoms with Gasteiger partial charge in [-0.05, 0) is 12.1 Å². The predicted molar refractivity (Wildman–Crippen MR) is 46.3 cm³/mol. The topological polar surface area (TPSA) is 25.8 Å². The Hall–Kier alpha value is -1.88. The molecule has 0 aromatic carbocycles. The van der Waals surface area contributed by atoms with Crippen LogP contribution in [-0.2, 0) is 0 Å². The monoisotopic (exact) mass is 153 g/mol. The summed E-state index contributed by atoms with van der Waals surface area (Å²) in [6, 6.07) is 6.55. The van der Waals surface area contributed by atoms with E-state index in [4.69, 9.17) is 6.42 Å². The summed E-state index contributed by atoms with van der Waals surface area (Å²) >= 11 is 0. The van der Waals surface area contributed by atoms with Gasteiger partial charge in [0, 0.05) is 29.4 Å². The molecule has 2 aromatic rings. The van der Waals surface area contributed by atoms with Crippen molar-refractivity contribution in [3.05, 3.63) is 36.2 Å². The fourth-order valence-electron chi connectivity index (χ4n) is 0.993. The lowest BCUT2D eigenvalue weighted by atomic mass is 10.2. The minimum atomic E-state index is 0.702. The van der Waals surface area contributed by atoms with E-state index in [0.29, 0.717) is 5.65 Å². The van der Waals surface area contributed by atoms with Gasteiger partial charge in [-0.25, -0.2) is 9.97 Å². The highest BCUT2D eigenvalue weighted by Crippen LogP contribution is 2.08. The van der Waals surface area contributed by atoms with Crippen LogP contribution in [0.15, 0.2) is 24.5 Å². The molecule has 0 saturated heterocycles. The van der Waals surface area contributed by atoms with Gasteiger partial charge in [0.1, 0.15) is 0 Å². The number of rotatable bonds is 0. The molecule has 0 atom stereocenters. The third-order valence-corrected chi connectivity index (χ3v) is 1.56. The number of hydrogen-bond acceptors (Lipinski definition) is 2. The summed E-state index contributed by atoms with van der Waals surface area (Å²) in [5, 5.41) is 0.924. The molecule has 2 heterocycles. The summed E-state index contributed by atoms with van der Waals surface area (Å²) in [6.07, 6.45) is 8.44. The highest BCUT2D eigenvalue weighted by molar-refractivity contribution is 5.75. The number of nitrogens with zero attached hydrogens (tertiary/aromatic N) is 2. The maximum absolute atomic E-state index is 5.22. The van der Waals surface area contributed by atoms with Gasteiger partial charge < -0.3 is 0 Å². The molecule has 12 heavy (non-hydrogen) atoms. The van der Waals surface area contributed by atoms with Crippen molar-refractivity contribution in [2.75, 3.05) is 0 Å². The fraction of sp³-hybridized carbons (Fsp3) is 0. The molecule has 0 aliphatic carbocycles. The molecule has 2 heteroatoms. The zero-order valence-corrected chi connectivity index (χ0v) is 6.28. The second kappa shape index (κ2) is 2.63. The second-order valence-electron chi connectivity index (χ2n) is 2.35. The van der Waals surface area contributed by atoms with E-state index in [1.165, 1.54) is 0 Å². The van der Waals surface area contributed by atoms with Crippen LogP contribution in [0.2, 0.25) is 0 Å². The molecule has 0 saturated carbocycles. The third-order valence-electron chi connectivity index (χ3n) is 1.56. The Morgan fingerprint density at radius 3 is 3.17 bits per heavy atom.